The summed E-state index contributed by atoms with van der Waals surface area (Å²) in [5.41, 5.74) is 3.33. The molecule has 2 atom stereocenters. The molecule has 0 amide bonds. The number of pyridine rings is 1. The van der Waals surface area contributed by atoms with Gasteiger partial charge in [0.2, 0.25) is 0 Å². The lowest BCUT2D eigenvalue weighted by Gasteiger charge is -2.34. The highest BCUT2D eigenvalue weighted by molar-refractivity contribution is 6.08. The molecule has 1 saturated heterocycles. The maximum absolute atomic E-state index is 6.12. The van der Waals surface area contributed by atoms with Crippen LogP contribution in [0, 0.1) is 0 Å². The van der Waals surface area contributed by atoms with E-state index in [-0.39, 0.29) is 12.4 Å². The fraction of sp³-hybridized carbons (Fsp3) is 0.333. The van der Waals surface area contributed by atoms with Crippen molar-refractivity contribution in [3.8, 4) is 0 Å². The molecule has 1 aromatic carbocycles. The van der Waals surface area contributed by atoms with Crippen molar-refractivity contribution in [2.45, 2.75) is 25.4 Å². The average molecular weight is 348 g/mol. The van der Waals surface area contributed by atoms with Gasteiger partial charge in [-0.05, 0) is 30.2 Å². The Morgan fingerprint density at radius 3 is 2.73 bits per heavy atom. The number of aromatic nitrogens is 1. The fourth-order valence-electron chi connectivity index (χ4n) is 3.44. The molecule has 0 radical (unpaired) electrons. The quantitative estimate of drug-likeness (QED) is 0.833. The molecule has 3 heterocycles. The van der Waals surface area contributed by atoms with Gasteiger partial charge in [0.15, 0.2) is 6.29 Å². The van der Waals surface area contributed by atoms with Crippen molar-refractivity contribution in [1.82, 2.24) is 14.8 Å². The molecule has 2 aliphatic rings. The molecule has 2 aliphatic heterocycles. The van der Waals surface area contributed by atoms with Crippen molar-refractivity contribution < 1.29 is 4.74 Å². The first-order chi connectivity index (χ1) is 12.8. The van der Waals surface area contributed by atoms with E-state index in [2.05, 4.69) is 58.4 Å². The zero-order valence-electron chi connectivity index (χ0n) is 15.0. The van der Waals surface area contributed by atoms with E-state index in [0.29, 0.717) is 6.61 Å². The van der Waals surface area contributed by atoms with E-state index in [1.54, 1.807) is 0 Å². The van der Waals surface area contributed by atoms with Crippen LogP contribution in [0.1, 0.15) is 17.5 Å². The minimum atomic E-state index is 0.0218. The fourth-order valence-corrected chi connectivity index (χ4v) is 3.44. The van der Waals surface area contributed by atoms with E-state index in [1.165, 1.54) is 5.56 Å². The Bertz CT molecular complexity index is 775. The molecule has 134 valence electrons. The first-order valence-corrected chi connectivity index (χ1v) is 9.07. The van der Waals surface area contributed by atoms with Crippen LogP contribution in [-0.4, -0.2) is 53.0 Å². The van der Waals surface area contributed by atoms with Gasteiger partial charge in [0, 0.05) is 44.3 Å². The van der Waals surface area contributed by atoms with Gasteiger partial charge in [0.1, 0.15) is 0 Å². The van der Waals surface area contributed by atoms with E-state index >= 15 is 0 Å². The molecule has 4 rings (SSSR count). The molecule has 2 aromatic rings. The van der Waals surface area contributed by atoms with Gasteiger partial charge in [-0.3, -0.25) is 9.88 Å². The molecular weight excluding hydrogens is 324 g/mol. The van der Waals surface area contributed by atoms with E-state index in [9.17, 15) is 0 Å². The van der Waals surface area contributed by atoms with Gasteiger partial charge < -0.3 is 9.64 Å². The van der Waals surface area contributed by atoms with Crippen molar-refractivity contribution in [3.05, 3.63) is 78.3 Å². The Labute approximate surface area is 154 Å². The molecule has 0 spiro atoms. The number of hydrogen-bond donors (Lipinski definition) is 0. The summed E-state index contributed by atoms with van der Waals surface area (Å²) in [6.07, 6.45) is 9.10. The monoisotopic (exact) mass is 348 g/mol. The van der Waals surface area contributed by atoms with Crippen LogP contribution in [0.25, 0.3) is 0 Å². The Kier molecular flexibility index (Phi) is 5.09. The number of ether oxygens (including phenoxy) is 1. The van der Waals surface area contributed by atoms with Crippen LogP contribution in [0.2, 0.25) is 0 Å². The minimum absolute atomic E-state index is 0.0218. The third kappa shape index (κ3) is 3.84. The minimum Gasteiger partial charge on any atom is -0.372 e. The molecule has 0 aliphatic carbocycles. The molecule has 0 bridgehead atoms. The second kappa shape index (κ2) is 7.81. The predicted octanol–water partition coefficient (Wildman–Crippen LogP) is 2.90. The maximum Gasteiger partial charge on any atom is 0.178 e. The summed E-state index contributed by atoms with van der Waals surface area (Å²) in [5, 5.41) is 0. The molecule has 0 N–H and O–H groups in total. The van der Waals surface area contributed by atoms with Crippen LogP contribution in [0.3, 0.4) is 0 Å². The van der Waals surface area contributed by atoms with E-state index in [4.69, 9.17) is 9.73 Å². The van der Waals surface area contributed by atoms with E-state index in [0.717, 1.165) is 30.8 Å². The number of nitrogens with zero attached hydrogens (tertiary/aromatic N) is 4. The molecule has 5 nitrogen and oxygen atoms in total. The van der Waals surface area contributed by atoms with E-state index in [1.807, 2.05) is 30.6 Å². The van der Waals surface area contributed by atoms with Crippen molar-refractivity contribution in [2.24, 2.45) is 4.99 Å². The second-order valence-corrected chi connectivity index (χ2v) is 6.78. The average Bonchev–Trinajstić information content (AvgIpc) is 3.17. The van der Waals surface area contributed by atoms with Crippen molar-refractivity contribution in [2.75, 3.05) is 20.1 Å². The van der Waals surface area contributed by atoms with Crippen LogP contribution in [-0.2, 0) is 11.3 Å². The van der Waals surface area contributed by atoms with Gasteiger partial charge in [0.05, 0.1) is 18.4 Å². The normalized spacial score (nSPS) is 23.3. The topological polar surface area (TPSA) is 41.0 Å². The van der Waals surface area contributed by atoms with Crippen LogP contribution in [0.15, 0.2) is 72.1 Å². The third-order valence-corrected chi connectivity index (χ3v) is 4.89. The van der Waals surface area contributed by atoms with Gasteiger partial charge in [-0.15, -0.1) is 0 Å². The number of likely N-dealkylation sites (tertiary alicyclic amines) is 1. The Morgan fingerprint density at radius 2 is 1.92 bits per heavy atom. The zero-order valence-corrected chi connectivity index (χ0v) is 15.0. The Hall–Kier alpha value is -2.50. The largest absolute Gasteiger partial charge is 0.372 e. The van der Waals surface area contributed by atoms with Crippen molar-refractivity contribution >= 4 is 5.71 Å². The Balaban J connectivity index is 1.39. The van der Waals surface area contributed by atoms with Gasteiger partial charge in [-0.25, -0.2) is 4.99 Å². The first-order valence-electron chi connectivity index (χ1n) is 9.07. The lowest BCUT2D eigenvalue weighted by atomic mass is 10.1. The second-order valence-electron chi connectivity index (χ2n) is 6.78. The molecule has 1 aromatic heterocycles. The summed E-state index contributed by atoms with van der Waals surface area (Å²) in [6.45, 7) is 2.57. The molecular formula is C21H24N4O. The van der Waals surface area contributed by atoms with Gasteiger partial charge in [0.25, 0.3) is 0 Å². The molecule has 1 fully saturated rings. The number of hydrogen-bond acceptors (Lipinski definition) is 5. The lowest BCUT2D eigenvalue weighted by Crippen LogP contribution is -2.44. The molecule has 5 heteroatoms. The SMILES string of the molecule is CN1C=CC(c2ccncc2)=NC1N1CCC(OCc2ccccc2)C1. The molecule has 0 saturated carbocycles. The molecule has 2 unspecified atom stereocenters. The molecule has 26 heavy (non-hydrogen) atoms. The summed E-state index contributed by atoms with van der Waals surface area (Å²) in [5.74, 6) is 0. The van der Waals surface area contributed by atoms with Crippen LogP contribution < -0.4 is 0 Å². The summed E-state index contributed by atoms with van der Waals surface area (Å²) < 4.78 is 6.12. The van der Waals surface area contributed by atoms with Crippen LogP contribution in [0.4, 0.5) is 0 Å². The van der Waals surface area contributed by atoms with Crippen molar-refractivity contribution in [3.63, 3.8) is 0 Å². The highest BCUT2D eigenvalue weighted by atomic mass is 16.5. The van der Waals surface area contributed by atoms with Crippen molar-refractivity contribution in [1.29, 1.82) is 0 Å². The highest BCUT2D eigenvalue weighted by Crippen LogP contribution is 2.22. The number of aliphatic imine (C=N–C) groups is 1. The lowest BCUT2D eigenvalue weighted by molar-refractivity contribution is 0.0342. The van der Waals surface area contributed by atoms with E-state index < -0.39 is 0 Å². The van der Waals surface area contributed by atoms with Gasteiger partial charge in [-0.2, -0.15) is 0 Å². The van der Waals surface area contributed by atoms with Crippen LogP contribution >= 0.6 is 0 Å². The summed E-state index contributed by atoms with van der Waals surface area (Å²) in [7, 11) is 2.08. The van der Waals surface area contributed by atoms with Crippen LogP contribution in [0.5, 0.6) is 0 Å². The smallest absolute Gasteiger partial charge is 0.178 e. The summed E-state index contributed by atoms with van der Waals surface area (Å²) in [4.78, 5) is 13.6. The zero-order chi connectivity index (χ0) is 17.8. The first kappa shape index (κ1) is 16.9. The summed E-state index contributed by atoms with van der Waals surface area (Å²) >= 11 is 0. The summed E-state index contributed by atoms with van der Waals surface area (Å²) in [6, 6.07) is 14.4. The third-order valence-electron chi connectivity index (χ3n) is 4.89. The standard InChI is InChI=1S/C21H24N4O/c1-24-13-10-20(18-7-11-22-12-8-18)23-21(24)25-14-9-19(15-25)26-16-17-5-3-2-4-6-17/h2-8,10-13,19,21H,9,14-16H2,1H3. The van der Waals surface area contributed by atoms with Gasteiger partial charge >= 0.3 is 0 Å². The van der Waals surface area contributed by atoms with Gasteiger partial charge in [-0.1, -0.05) is 30.3 Å². The number of allylic oxidation sites excluding steroid dienone is 1. The highest BCUT2D eigenvalue weighted by Gasteiger charge is 2.31. The predicted molar refractivity (Wildman–Crippen MR) is 103 cm³/mol. The number of benzene rings is 1. The number of rotatable bonds is 5. The maximum atomic E-state index is 6.12. The Morgan fingerprint density at radius 1 is 1.12 bits per heavy atom.